The predicted octanol–water partition coefficient (Wildman–Crippen LogP) is -0.179. The molecule has 0 unspecified atom stereocenters. The summed E-state index contributed by atoms with van der Waals surface area (Å²) in [6.45, 7) is 0.953. The van der Waals surface area contributed by atoms with E-state index < -0.39 is 10.5 Å². The molecule has 1 aromatic heterocycles. The summed E-state index contributed by atoms with van der Waals surface area (Å²) in [4.78, 5) is 14.2. The zero-order valence-corrected chi connectivity index (χ0v) is 10.5. The van der Waals surface area contributed by atoms with Crippen LogP contribution in [0.1, 0.15) is 13.3 Å². The third kappa shape index (κ3) is 3.28. The molecule has 0 aromatic carbocycles. The van der Waals surface area contributed by atoms with Crippen molar-refractivity contribution in [3.8, 4) is 0 Å². The molecule has 0 aliphatic carbocycles. The second-order valence-corrected chi connectivity index (χ2v) is 4.04. The van der Waals surface area contributed by atoms with Crippen molar-refractivity contribution in [2.45, 2.75) is 18.9 Å². The summed E-state index contributed by atoms with van der Waals surface area (Å²) in [5.74, 6) is 5.36. The van der Waals surface area contributed by atoms with E-state index in [0.717, 1.165) is 0 Å². The van der Waals surface area contributed by atoms with Crippen molar-refractivity contribution in [3.63, 3.8) is 0 Å². The molecule has 0 radical (unpaired) electrons. The van der Waals surface area contributed by atoms with Crippen molar-refractivity contribution < 1.29 is 15.1 Å². The average molecular weight is 271 g/mol. The Hall–Kier alpha value is -1.97. The number of hydrogen-bond donors (Lipinski definition) is 5. The van der Waals surface area contributed by atoms with E-state index in [9.17, 15) is 20.3 Å². The van der Waals surface area contributed by atoms with Crippen LogP contribution in [-0.2, 0) is 0 Å². The maximum atomic E-state index is 10.9. The van der Waals surface area contributed by atoms with Gasteiger partial charge in [-0.25, -0.2) is 10.8 Å². The fraction of sp³-hybridized carbons (Fsp3) is 0.500. The first-order valence-electron chi connectivity index (χ1n) is 5.64. The Morgan fingerprint density at radius 3 is 2.53 bits per heavy atom. The molecule has 9 heteroatoms. The zero-order chi connectivity index (χ0) is 14.5. The number of rotatable bonds is 7. The number of nitrogens with zero attached hydrogens (tertiary/aromatic N) is 2. The van der Waals surface area contributed by atoms with Gasteiger partial charge in [-0.05, 0) is 12.5 Å². The van der Waals surface area contributed by atoms with E-state index in [1.54, 1.807) is 6.92 Å². The summed E-state index contributed by atoms with van der Waals surface area (Å²) in [5, 5.41) is 32.3. The third-order valence-corrected chi connectivity index (χ3v) is 2.88. The maximum Gasteiger partial charge on any atom is 0.311 e. The van der Waals surface area contributed by atoms with Gasteiger partial charge in [0.1, 0.15) is 5.82 Å². The lowest BCUT2D eigenvalue weighted by Crippen LogP contribution is -2.45. The molecule has 0 atom stereocenters. The summed E-state index contributed by atoms with van der Waals surface area (Å²) in [7, 11) is 0. The van der Waals surface area contributed by atoms with E-state index in [1.165, 1.54) is 12.1 Å². The minimum Gasteiger partial charge on any atom is -0.394 e. The van der Waals surface area contributed by atoms with Gasteiger partial charge < -0.3 is 21.0 Å². The topological polar surface area (TPSA) is 147 Å². The Morgan fingerprint density at radius 1 is 1.47 bits per heavy atom. The number of nitrogen functional groups attached to an aromatic ring is 1. The molecule has 0 aliphatic rings. The van der Waals surface area contributed by atoms with Gasteiger partial charge >= 0.3 is 5.69 Å². The van der Waals surface area contributed by atoms with Crippen molar-refractivity contribution in [3.05, 3.63) is 22.2 Å². The molecule has 1 rings (SSSR count). The molecule has 106 valence electrons. The van der Waals surface area contributed by atoms with Gasteiger partial charge in [-0.1, -0.05) is 6.92 Å². The minimum atomic E-state index is -1.08. The molecule has 0 saturated heterocycles. The van der Waals surface area contributed by atoms with Gasteiger partial charge in [-0.3, -0.25) is 10.1 Å². The van der Waals surface area contributed by atoms with Crippen molar-refractivity contribution in [2.24, 2.45) is 5.84 Å². The lowest BCUT2D eigenvalue weighted by atomic mass is 9.98. The summed E-state index contributed by atoms with van der Waals surface area (Å²) >= 11 is 0. The summed E-state index contributed by atoms with van der Waals surface area (Å²) < 4.78 is 0. The van der Waals surface area contributed by atoms with Gasteiger partial charge in [0.05, 0.1) is 23.7 Å². The van der Waals surface area contributed by atoms with E-state index >= 15 is 0 Å². The van der Waals surface area contributed by atoms with Crippen LogP contribution in [0.25, 0.3) is 0 Å². The number of nitro groups is 1. The van der Waals surface area contributed by atoms with Gasteiger partial charge in [0.15, 0.2) is 0 Å². The van der Waals surface area contributed by atoms with Gasteiger partial charge in [-0.2, -0.15) is 0 Å². The lowest BCUT2D eigenvalue weighted by Gasteiger charge is -2.30. The normalized spacial score (nSPS) is 11.2. The molecule has 1 aromatic rings. The number of aliphatic hydroxyl groups excluding tert-OH is 2. The minimum absolute atomic E-state index is 0.0644. The molecule has 0 spiro atoms. The molecule has 0 aliphatic heterocycles. The highest BCUT2D eigenvalue weighted by atomic mass is 16.6. The van der Waals surface area contributed by atoms with Crippen LogP contribution in [0, 0.1) is 10.1 Å². The van der Waals surface area contributed by atoms with E-state index in [2.05, 4.69) is 15.7 Å². The number of aromatic nitrogens is 1. The van der Waals surface area contributed by atoms with Gasteiger partial charge in [0.25, 0.3) is 0 Å². The smallest absolute Gasteiger partial charge is 0.311 e. The molecule has 6 N–H and O–H groups in total. The van der Waals surface area contributed by atoms with Crippen LogP contribution in [0.2, 0.25) is 0 Å². The molecule has 0 saturated carbocycles. The Bertz CT molecular complexity index is 441. The quantitative estimate of drug-likeness (QED) is 0.261. The van der Waals surface area contributed by atoms with E-state index in [4.69, 9.17) is 5.84 Å². The summed E-state index contributed by atoms with van der Waals surface area (Å²) in [5.41, 5.74) is 0.931. The third-order valence-electron chi connectivity index (χ3n) is 2.88. The number of hydrazine groups is 1. The van der Waals surface area contributed by atoms with Crippen LogP contribution in [0.3, 0.4) is 0 Å². The largest absolute Gasteiger partial charge is 0.394 e. The molecule has 0 amide bonds. The van der Waals surface area contributed by atoms with Gasteiger partial charge in [-0.15, -0.1) is 0 Å². The highest BCUT2D eigenvalue weighted by Gasteiger charge is 2.30. The molecule has 0 fully saturated rings. The molecule has 19 heavy (non-hydrogen) atoms. The van der Waals surface area contributed by atoms with Crippen LogP contribution < -0.4 is 16.6 Å². The summed E-state index contributed by atoms with van der Waals surface area (Å²) in [6, 6.07) is 2.59. The molecule has 9 nitrogen and oxygen atoms in total. The Balaban J connectivity index is 3.19. The van der Waals surface area contributed by atoms with Crippen LogP contribution in [0.5, 0.6) is 0 Å². The highest BCUT2D eigenvalue weighted by molar-refractivity contribution is 5.61. The predicted molar refractivity (Wildman–Crippen MR) is 69.5 cm³/mol. The highest BCUT2D eigenvalue weighted by Crippen LogP contribution is 2.27. The van der Waals surface area contributed by atoms with E-state index in [0.29, 0.717) is 6.42 Å². The van der Waals surface area contributed by atoms with Crippen LogP contribution in [0.15, 0.2) is 12.1 Å². The Kier molecular flexibility index (Phi) is 4.98. The number of nitrogens with one attached hydrogen (secondary N) is 2. The average Bonchev–Trinajstić information content (AvgIpc) is 2.44. The maximum absolute atomic E-state index is 10.9. The van der Waals surface area contributed by atoms with Gasteiger partial charge in [0, 0.05) is 6.07 Å². The molecular weight excluding hydrogens is 254 g/mol. The second kappa shape index (κ2) is 6.27. The number of anilines is 2. The lowest BCUT2D eigenvalue weighted by molar-refractivity contribution is -0.384. The molecular formula is C10H17N5O4. The fourth-order valence-electron chi connectivity index (χ4n) is 1.46. The molecule has 0 bridgehead atoms. The van der Waals surface area contributed by atoms with Crippen molar-refractivity contribution in [1.29, 1.82) is 0 Å². The number of pyridine rings is 1. The van der Waals surface area contributed by atoms with Crippen LogP contribution in [0.4, 0.5) is 17.3 Å². The fourth-order valence-corrected chi connectivity index (χ4v) is 1.46. The number of aliphatic hydroxyl groups is 2. The number of nitrogens with two attached hydrogens (primary N) is 1. The summed E-state index contributed by atoms with van der Waals surface area (Å²) in [6.07, 6.45) is 0.360. The first kappa shape index (κ1) is 15.1. The van der Waals surface area contributed by atoms with Crippen molar-refractivity contribution in [2.75, 3.05) is 24.0 Å². The van der Waals surface area contributed by atoms with Crippen molar-refractivity contribution >= 4 is 17.3 Å². The first-order valence-corrected chi connectivity index (χ1v) is 5.64. The zero-order valence-electron chi connectivity index (χ0n) is 10.5. The SMILES string of the molecule is CCC(CO)(CO)Nc1nc(NN)ccc1[N+](=O)[O-]. The number of hydrogen-bond acceptors (Lipinski definition) is 8. The van der Waals surface area contributed by atoms with Crippen molar-refractivity contribution in [1.82, 2.24) is 4.98 Å². The van der Waals surface area contributed by atoms with Crippen LogP contribution in [-0.4, -0.2) is 38.9 Å². The van der Waals surface area contributed by atoms with Gasteiger partial charge in [0.2, 0.25) is 5.82 Å². The van der Waals surface area contributed by atoms with Crippen LogP contribution >= 0.6 is 0 Å². The van der Waals surface area contributed by atoms with E-state index in [-0.39, 0.29) is 30.5 Å². The Labute approximate surface area is 109 Å². The Morgan fingerprint density at radius 2 is 2.11 bits per heavy atom. The van der Waals surface area contributed by atoms with E-state index in [1.807, 2.05) is 0 Å². The second-order valence-electron chi connectivity index (χ2n) is 4.04. The monoisotopic (exact) mass is 271 g/mol. The standard InChI is InChI=1S/C10H17N5O4/c1-2-10(5-16,6-17)13-9-7(15(18)19)3-4-8(12-9)14-11/h3-4,16-17H,2,5-6,11H2,1H3,(H2,12,13,14). The molecule has 1 heterocycles. The first-order chi connectivity index (χ1) is 9.01.